The first kappa shape index (κ1) is 23.2. The van der Waals surface area contributed by atoms with Crippen molar-refractivity contribution in [2.75, 3.05) is 26.2 Å². The van der Waals surface area contributed by atoms with Gasteiger partial charge in [0.25, 0.3) is 5.95 Å². The van der Waals surface area contributed by atoms with Crippen molar-refractivity contribution in [2.24, 2.45) is 0 Å². The van der Waals surface area contributed by atoms with Crippen LogP contribution in [0.3, 0.4) is 0 Å². The van der Waals surface area contributed by atoms with E-state index in [1.165, 1.54) is 16.3 Å². The van der Waals surface area contributed by atoms with Crippen LogP contribution >= 0.6 is 0 Å². The number of hydrogen-bond acceptors (Lipinski definition) is 5. The first-order valence-electron chi connectivity index (χ1n) is 12.2. The number of rotatable bonds is 5. The highest BCUT2D eigenvalue weighted by molar-refractivity contribution is 5.85. The van der Waals surface area contributed by atoms with Crippen molar-refractivity contribution in [1.29, 1.82) is 0 Å². The summed E-state index contributed by atoms with van der Waals surface area (Å²) in [6, 6.07) is 17.0. The topological polar surface area (TPSA) is 67.2 Å². The third-order valence-electron chi connectivity index (χ3n) is 6.93. The number of aryl methyl sites for hydroxylation is 3. The highest BCUT2D eigenvalue weighted by atomic mass is 16.2. The van der Waals surface area contributed by atoms with Crippen LogP contribution in [0.2, 0.25) is 0 Å². The maximum absolute atomic E-state index is 13.2. The Morgan fingerprint density at radius 2 is 1.57 bits per heavy atom. The normalized spacial score (nSPS) is 14.6. The van der Waals surface area contributed by atoms with E-state index in [0.717, 1.165) is 61.1 Å². The molecule has 0 aliphatic carbocycles. The Labute approximate surface area is 206 Å². The Morgan fingerprint density at radius 1 is 0.886 bits per heavy atom. The lowest BCUT2D eigenvalue weighted by Crippen LogP contribution is -2.48. The van der Waals surface area contributed by atoms with Gasteiger partial charge in [0.1, 0.15) is 0 Å². The zero-order valence-corrected chi connectivity index (χ0v) is 21.0. The number of amides is 1. The van der Waals surface area contributed by atoms with Gasteiger partial charge in [-0.2, -0.15) is 5.10 Å². The Bertz CT molecular complexity index is 1360. The van der Waals surface area contributed by atoms with Gasteiger partial charge in [-0.05, 0) is 50.1 Å². The predicted octanol–water partition coefficient (Wildman–Crippen LogP) is 3.94. The van der Waals surface area contributed by atoms with Gasteiger partial charge in [-0.1, -0.05) is 42.5 Å². The van der Waals surface area contributed by atoms with Gasteiger partial charge in [0.05, 0.1) is 12.1 Å². The molecule has 0 radical (unpaired) electrons. The van der Waals surface area contributed by atoms with E-state index < -0.39 is 0 Å². The molecule has 0 saturated carbocycles. The summed E-state index contributed by atoms with van der Waals surface area (Å²) in [6.45, 7) is 12.0. The Kier molecular flexibility index (Phi) is 6.34. The van der Waals surface area contributed by atoms with Crippen molar-refractivity contribution in [1.82, 2.24) is 29.5 Å². The molecular formula is C28H32N6O. The summed E-state index contributed by atoms with van der Waals surface area (Å²) in [5, 5.41) is 7.24. The standard InChI is InChI=1S/C28H32N6O/c1-19-16-20(2)30-28(29-19)34-22(4)26(21(3)31-34)17-27(35)33-14-12-32(13-15-33)18-24-10-7-9-23-8-5-6-11-25(23)24/h5-11,16H,12-15,17-18H2,1-4H3. The van der Waals surface area contributed by atoms with Crippen LogP contribution in [0, 0.1) is 27.7 Å². The molecule has 0 unspecified atom stereocenters. The minimum atomic E-state index is 0.155. The van der Waals surface area contributed by atoms with Gasteiger partial charge in [-0.3, -0.25) is 9.69 Å². The zero-order chi connectivity index (χ0) is 24.5. The smallest absolute Gasteiger partial charge is 0.251 e. The molecule has 7 heteroatoms. The predicted molar refractivity (Wildman–Crippen MR) is 138 cm³/mol. The van der Waals surface area contributed by atoms with E-state index in [0.29, 0.717) is 12.4 Å². The SMILES string of the molecule is Cc1cc(C)nc(-n2nc(C)c(CC(=O)N3CCN(Cc4cccc5ccccc45)CC3)c2C)n1. The number of hydrogen-bond donors (Lipinski definition) is 0. The molecule has 1 amide bonds. The molecule has 0 spiro atoms. The highest BCUT2D eigenvalue weighted by Gasteiger charge is 2.24. The molecule has 0 bridgehead atoms. The van der Waals surface area contributed by atoms with Crippen LogP contribution in [-0.2, 0) is 17.8 Å². The molecule has 7 nitrogen and oxygen atoms in total. The molecule has 4 aromatic rings. The van der Waals surface area contributed by atoms with Gasteiger partial charge < -0.3 is 4.90 Å². The first-order valence-corrected chi connectivity index (χ1v) is 12.2. The fourth-order valence-electron chi connectivity index (χ4n) is 5.02. The van der Waals surface area contributed by atoms with Crippen molar-refractivity contribution in [2.45, 2.75) is 40.7 Å². The minimum absolute atomic E-state index is 0.155. The largest absolute Gasteiger partial charge is 0.340 e. The number of benzene rings is 2. The van der Waals surface area contributed by atoms with E-state index in [4.69, 9.17) is 0 Å². The fraction of sp³-hybridized carbons (Fsp3) is 0.357. The maximum Gasteiger partial charge on any atom is 0.251 e. The van der Waals surface area contributed by atoms with Crippen LogP contribution in [0.15, 0.2) is 48.5 Å². The van der Waals surface area contributed by atoms with Crippen molar-refractivity contribution < 1.29 is 4.79 Å². The average Bonchev–Trinajstić information content (AvgIpc) is 3.12. The van der Waals surface area contributed by atoms with Crippen molar-refractivity contribution in [3.8, 4) is 5.95 Å². The maximum atomic E-state index is 13.2. The monoisotopic (exact) mass is 468 g/mol. The van der Waals surface area contributed by atoms with Crippen LogP contribution in [0.4, 0.5) is 0 Å². The lowest BCUT2D eigenvalue weighted by Gasteiger charge is -2.35. The lowest BCUT2D eigenvalue weighted by atomic mass is 10.0. The molecule has 1 saturated heterocycles. The van der Waals surface area contributed by atoms with E-state index >= 15 is 0 Å². The van der Waals surface area contributed by atoms with Crippen molar-refractivity contribution in [3.05, 3.63) is 82.4 Å². The fourth-order valence-corrected chi connectivity index (χ4v) is 5.02. The molecule has 35 heavy (non-hydrogen) atoms. The van der Waals surface area contributed by atoms with E-state index in [1.54, 1.807) is 4.68 Å². The summed E-state index contributed by atoms with van der Waals surface area (Å²) in [4.78, 5) is 26.7. The van der Waals surface area contributed by atoms with E-state index in [-0.39, 0.29) is 5.91 Å². The van der Waals surface area contributed by atoms with E-state index in [1.807, 2.05) is 38.7 Å². The lowest BCUT2D eigenvalue weighted by molar-refractivity contribution is -0.132. The quantitative estimate of drug-likeness (QED) is 0.444. The van der Waals surface area contributed by atoms with Crippen LogP contribution < -0.4 is 0 Å². The third-order valence-corrected chi connectivity index (χ3v) is 6.93. The van der Waals surface area contributed by atoms with Gasteiger partial charge in [-0.25, -0.2) is 14.6 Å². The molecule has 3 heterocycles. The molecule has 180 valence electrons. The van der Waals surface area contributed by atoms with Crippen molar-refractivity contribution >= 4 is 16.7 Å². The Morgan fingerprint density at radius 3 is 2.31 bits per heavy atom. The van der Waals surface area contributed by atoms with Gasteiger partial charge in [0.2, 0.25) is 5.91 Å². The van der Waals surface area contributed by atoms with Crippen LogP contribution in [0.1, 0.15) is 33.9 Å². The third kappa shape index (κ3) is 4.82. The Hall–Kier alpha value is -3.58. The highest BCUT2D eigenvalue weighted by Crippen LogP contribution is 2.22. The molecule has 5 rings (SSSR count). The summed E-state index contributed by atoms with van der Waals surface area (Å²) in [7, 11) is 0. The number of carbonyl (C=O) groups excluding carboxylic acids is 1. The van der Waals surface area contributed by atoms with Gasteiger partial charge >= 0.3 is 0 Å². The summed E-state index contributed by atoms with van der Waals surface area (Å²) in [5.74, 6) is 0.714. The summed E-state index contributed by atoms with van der Waals surface area (Å²) in [6.07, 6.45) is 0.353. The van der Waals surface area contributed by atoms with Crippen LogP contribution in [0.5, 0.6) is 0 Å². The number of nitrogens with zero attached hydrogens (tertiary/aromatic N) is 6. The molecule has 2 aromatic carbocycles. The molecule has 2 aromatic heterocycles. The number of piperazine rings is 1. The van der Waals surface area contributed by atoms with E-state index in [2.05, 4.69) is 62.4 Å². The van der Waals surface area contributed by atoms with Crippen LogP contribution in [-0.4, -0.2) is 61.6 Å². The van der Waals surface area contributed by atoms with Crippen molar-refractivity contribution in [3.63, 3.8) is 0 Å². The second-order valence-electron chi connectivity index (χ2n) is 9.48. The van der Waals surface area contributed by atoms with Gasteiger partial charge in [-0.15, -0.1) is 0 Å². The number of aromatic nitrogens is 4. The molecule has 0 N–H and O–H groups in total. The van der Waals surface area contributed by atoms with Crippen LogP contribution in [0.25, 0.3) is 16.7 Å². The second kappa shape index (κ2) is 9.58. The minimum Gasteiger partial charge on any atom is -0.340 e. The van der Waals surface area contributed by atoms with Gasteiger partial charge in [0.15, 0.2) is 0 Å². The average molecular weight is 469 g/mol. The zero-order valence-electron chi connectivity index (χ0n) is 21.0. The molecule has 1 aliphatic heterocycles. The second-order valence-corrected chi connectivity index (χ2v) is 9.48. The molecule has 1 fully saturated rings. The molecule has 0 atom stereocenters. The number of carbonyl (C=O) groups is 1. The summed E-state index contributed by atoms with van der Waals surface area (Å²) < 4.78 is 1.76. The summed E-state index contributed by atoms with van der Waals surface area (Å²) in [5.41, 5.74) is 5.90. The van der Waals surface area contributed by atoms with Gasteiger partial charge in [0, 0.05) is 55.4 Å². The summed E-state index contributed by atoms with van der Waals surface area (Å²) >= 11 is 0. The first-order chi connectivity index (χ1) is 16.9. The molecule has 1 aliphatic rings. The molecular weight excluding hydrogens is 436 g/mol. The number of fused-ring (bicyclic) bond motifs is 1. The Balaban J connectivity index is 1.24. The van der Waals surface area contributed by atoms with E-state index in [9.17, 15) is 4.79 Å².